The highest BCUT2D eigenvalue weighted by Gasteiger charge is 2.18. The molecule has 0 radical (unpaired) electrons. The highest BCUT2D eigenvalue weighted by Crippen LogP contribution is 2.29. The van der Waals surface area contributed by atoms with E-state index in [4.69, 9.17) is 16.3 Å². The van der Waals surface area contributed by atoms with Gasteiger partial charge in [0.15, 0.2) is 6.10 Å². The second-order valence-corrected chi connectivity index (χ2v) is 6.58. The third-order valence-electron chi connectivity index (χ3n) is 3.56. The largest absolute Gasteiger partial charge is 0.480 e. The summed E-state index contributed by atoms with van der Waals surface area (Å²) < 4.78 is 6.45. The van der Waals surface area contributed by atoms with Gasteiger partial charge in [-0.3, -0.25) is 4.79 Å². The molecule has 1 atom stereocenters. The van der Waals surface area contributed by atoms with Crippen LogP contribution in [0.1, 0.15) is 25.0 Å². The van der Waals surface area contributed by atoms with Crippen LogP contribution in [0.15, 0.2) is 40.9 Å². The molecule has 2 aromatic carbocycles. The Hall–Kier alpha value is -1.52. The van der Waals surface area contributed by atoms with Gasteiger partial charge in [-0.05, 0) is 65.5 Å². The summed E-state index contributed by atoms with van der Waals surface area (Å²) >= 11 is 9.29. The van der Waals surface area contributed by atoms with Crippen molar-refractivity contribution in [2.24, 2.45) is 0 Å². The number of benzene rings is 2. The number of nitrogens with one attached hydrogen (secondary N) is 1. The smallest absolute Gasteiger partial charge is 0.265 e. The molecule has 0 aliphatic rings. The van der Waals surface area contributed by atoms with E-state index >= 15 is 0 Å². The lowest BCUT2D eigenvalue weighted by atomic mass is 10.1. The van der Waals surface area contributed by atoms with Crippen LogP contribution in [0.25, 0.3) is 0 Å². The van der Waals surface area contributed by atoms with Crippen molar-refractivity contribution in [1.82, 2.24) is 0 Å². The first-order chi connectivity index (χ1) is 10.9. The van der Waals surface area contributed by atoms with Crippen LogP contribution in [0, 0.1) is 6.92 Å². The summed E-state index contributed by atoms with van der Waals surface area (Å²) in [5, 5.41) is 3.58. The summed E-state index contributed by atoms with van der Waals surface area (Å²) in [7, 11) is 0. The van der Waals surface area contributed by atoms with Gasteiger partial charge < -0.3 is 10.1 Å². The lowest BCUT2D eigenvalue weighted by Crippen LogP contribution is -2.30. The number of ether oxygens (including phenoxy) is 1. The Morgan fingerprint density at radius 3 is 2.74 bits per heavy atom. The molecule has 1 unspecified atom stereocenters. The zero-order valence-electron chi connectivity index (χ0n) is 13.3. The maximum atomic E-state index is 12.4. The standard InChI is InChI=1S/C18H19BrClNO2/c1-4-13-7-5-6-11(2)17(13)21-18(22)12(3)23-16-9-8-14(20)10-15(16)19/h5-10,12H,4H2,1-3H3,(H,21,22). The van der Waals surface area contributed by atoms with Crippen molar-refractivity contribution >= 4 is 39.1 Å². The zero-order chi connectivity index (χ0) is 17.0. The third-order valence-corrected chi connectivity index (χ3v) is 4.41. The number of anilines is 1. The van der Waals surface area contributed by atoms with Gasteiger partial charge in [-0.15, -0.1) is 0 Å². The van der Waals surface area contributed by atoms with E-state index in [1.54, 1.807) is 25.1 Å². The van der Waals surface area contributed by atoms with E-state index in [0.717, 1.165) is 27.7 Å². The van der Waals surface area contributed by atoms with E-state index in [0.29, 0.717) is 10.8 Å². The molecule has 2 rings (SSSR count). The normalized spacial score (nSPS) is 11.9. The molecule has 0 fully saturated rings. The summed E-state index contributed by atoms with van der Waals surface area (Å²) in [5.41, 5.74) is 3.02. The maximum Gasteiger partial charge on any atom is 0.265 e. The van der Waals surface area contributed by atoms with Gasteiger partial charge in [0, 0.05) is 10.7 Å². The van der Waals surface area contributed by atoms with Crippen molar-refractivity contribution in [3.05, 3.63) is 57.0 Å². The first kappa shape index (κ1) is 17.8. The van der Waals surface area contributed by atoms with Gasteiger partial charge >= 0.3 is 0 Å². The highest BCUT2D eigenvalue weighted by molar-refractivity contribution is 9.10. The number of hydrogen-bond donors (Lipinski definition) is 1. The van der Waals surface area contributed by atoms with Crippen molar-refractivity contribution < 1.29 is 9.53 Å². The van der Waals surface area contributed by atoms with Gasteiger partial charge in [0.05, 0.1) is 4.47 Å². The number of hydrogen-bond acceptors (Lipinski definition) is 2. The highest BCUT2D eigenvalue weighted by atomic mass is 79.9. The molecule has 5 heteroatoms. The minimum absolute atomic E-state index is 0.184. The van der Waals surface area contributed by atoms with E-state index in [2.05, 4.69) is 28.2 Å². The van der Waals surface area contributed by atoms with Crippen molar-refractivity contribution in [3.63, 3.8) is 0 Å². The van der Waals surface area contributed by atoms with Gasteiger partial charge in [0.2, 0.25) is 0 Å². The molecule has 0 saturated carbocycles. The molecule has 122 valence electrons. The number of aryl methyl sites for hydroxylation is 2. The number of carbonyl (C=O) groups excluding carboxylic acids is 1. The number of rotatable bonds is 5. The van der Waals surface area contributed by atoms with Gasteiger partial charge in [0.25, 0.3) is 5.91 Å². The maximum absolute atomic E-state index is 12.4. The fourth-order valence-corrected chi connectivity index (χ4v) is 3.02. The molecular weight excluding hydrogens is 378 g/mol. The SMILES string of the molecule is CCc1cccc(C)c1NC(=O)C(C)Oc1ccc(Cl)cc1Br. The van der Waals surface area contributed by atoms with Crippen LogP contribution in [0.4, 0.5) is 5.69 Å². The molecule has 3 nitrogen and oxygen atoms in total. The van der Waals surface area contributed by atoms with Gasteiger partial charge in [0.1, 0.15) is 5.75 Å². The second kappa shape index (κ2) is 7.84. The molecule has 0 spiro atoms. The summed E-state index contributed by atoms with van der Waals surface area (Å²) in [6.45, 7) is 5.77. The summed E-state index contributed by atoms with van der Waals surface area (Å²) in [6, 6.07) is 11.2. The Morgan fingerprint density at radius 2 is 2.09 bits per heavy atom. The Bertz CT molecular complexity index is 718. The van der Waals surface area contributed by atoms with Crippen LogP contribution >= 0.6 is 27.5 Å². The molecule has 1 N–H and O–H groups in total. The second-order valence-electron chi connectivity index (χ2n) is 5.29. The molecule has 0 heterocycles. The van der Waals surface area contributed by atoms with Gasteiger partial charge in [-0.1, -0.05) is 36.7 Å². The number of halogens is 2. The molecule has 0 bridgehead atoms. The Labute approximate surface area is 150 Å². The fourth-order valence-electron chi connectivity index (χ4n) is 2.24. The van der Waals surface area contributed by atoms with Crippen molar-refractivity contribution in [2.75, 3.05) is 5.32 Å². The Kier molecular flexibility index (Phi) is 6.08. The third kappa shape index (κ3) is 4.49. The fraction of sp³-hybridized carbons (Fsp3) is 0.278. The Balaban J connectivity index is 2.12. The number of amides is 1. The molecule has 23 heavy (non-hydrogen) atoms. The molecule has 0 saturated heterocycles. The minimum Gasteiger partial charge on any atom is -0.480 e. The zero-order valence-corrected chi connectivity index (χ0v) is 15.7. The van der Waals surface area contributed by atoms with E-state index < -0.39 is 6.10 Å². The Morgan fingerprint density at radius 1 is 1.35 bits per heavy atom. The lowest BCUT2D eigenvalue weighted by Gasteiger charge is -2.18. The minimum atomic E-state index is -0.628. The molecule has 0 aliphatic heterocycles. The van der Waals surface area contributed by atoms with Gasteiger partial charge in [-0.2, -0.15) is 0 Å². The van der Waals surface area contributed by atoms with Crippen LogP contribution < -0.4 is 10.1 Å². The topological polar surface area (TPSA) is 38.3 Å². The lowest BCUT2D eigenvalue weighted by molar-refractivity contribution is -0.122. The first-order valence-corrected chi connectivity index (χ1v) is 8.60. The average molecular weight is 397 g/mol. The number of para-hydroxylation sites is 1. The molecule has 0 aromatic heterocycles. The number of carbonyl (C=O) groups is 1. The quantitative estimate of drug-likeness (QED) is 0.737. The van der Waals surface area contributed by atoms with E-state index in [-0.39, 0.29) is 5.91 Å². The van der Waals surface area contributed by atoms with Crippen molar-refractivity contribution in [1.29, 1.82) is 0 Å². The van der Waals surface area contributed by atoms with Crippen molar-refractivity contribution in [3.8, 4) is 5.75 Å². The summed E-state index contributed by atoms with van der Waals surface area (Å²) in [5.74, 6) is 0.397. The van der Waals surface area contributed by atoms with Gasteiger partial charge in [-0.25, -0.2) is 0 Å². The monoisotopic (exact) mass is 395 g/mol. The average Bonchev–Trinajstić information content (AvgIpc) is 2.51. The molecular formula is C18H19BrClNO2. The molecule has 1 amide bonds. The van der Waals surface area contributed by atoms with Crippen molar-refractivity contribution in [2.45, 2.75) is 33.3 Å². The predicted octanol–water partition coefficient (Wildman–Crippen LogP) is 5.38. The van der Waals surface area contributed by atoms with E-state index in [1.807, 2.05) is 25.1 Å². The van der Waals surface area contributed by atoms with E-state index in [1.165, 1.54) is 0 Å². The van der Waals surface area contributed by atoms with E-state index in [9.17, 15) is 4.79 Å². The summed E-state index contributed by atoms with van der Waals surface area (Å²) in [6.07, 6.45) is 0.228. The first-order valence-electron chi connectivity index (χ1n) is 7.43. The predicted molar refractivity (Wildman–Crippen MR) is 98.4 cm³/mol. The molecule has 2 aromatic rings. The van der Waals surface area contributed by atoms with Crippen LogP contribution in [-0.4, -0.2) is 12.0 Å². The van der Waals surface area contributed by atoms with Crippen LogP contribution in [0.2, 0.25) is 5.02 Å². The summed E-state index contributed by atoms with van der Waals surface area (Å²) in [4.78, 5) is 12.4. The molecule has 0 aliphatic carbocycles. The van der Waals surface area contributed by atoms with Crippen LogP contribution in [0.3, 0.4) is 0 Å². The van der Waals surface area contributed by atoms with Crippen LogP contribution in [-0.2, 0) is 11.2 Å². The van der Waals surface area contributed by atoms with Crippen LogP contribution in [0.5, 0.6) is 5.75 Å².